The highest BCUT2D eigenvalue weighted by molar-refractivity contribution is 5.88. The monoisotopic (exact) mass is 227 g/mol. The van der Waals surface area contributed by atoms with Crippen molar-refractivity contribution in [3.63, 3.8) is 0 Å². The fraction of sp³-hybridized carbons (Fsp3) is 0.429. The van der Waals surface area contributed by atoms with Gasteiger partial charge in [-0.1, -0.05) is 25.0 Å². The van der Waals surface area contributed by atoms with Crippen molar-refractivity contribution in [2.45, 2.75) is 19.3 Å². The van der Waals surface area contributed by atoms with Crippen LogP contribution in [0.4, 0.5) is 5.82 Å². The zero-order valence-corrected chi connectivity index (χ0v) is 10.1. The number of hydrogen-bond donors (Lipinski definition) is 0. The van der Waals surface area contributed by atoms with Gasteiger partial charge in [0.25, 0.3) is 0 Å². The minimum absolute atomic E-state index is 0.963. The summed E-state index contributed by atoms with van der Waals surface area (Å²) in [6.07, 6.45) is 5.77. The molecule has 0 bridgehead atoms. The van der Waals surface area contributed by atoms with Crippen LogP contribution in [-0.4, -0.2) is 23.6 Å². The first-order valence-electron chi connectivity index (χ1n) is 6.25. The lowest BCUT2D eigenvalue weighted by Crippen LogP contribution is -2.20. The van der Waals surface area contributed by atoms with Crippen LogP contribution >= 0.6 is 0 Å². The summed E-state index contributed by atoms with van der Waals surface area (Å²) in [6, 6.07) is 8.20. The summed E-state index contributed by atoms with van der Waals surface area (Å²) in [4.78, 5) is 11.0. The zero-order valence-electron chi connectivity index (χ0n) is 10.1. The lowest BCUT2D eigenvalue weighted by molar-refractivity contribution is 0.707. The first-order valence-corrected chi connectivity index (χ1v) is 6.25. The fourth-order valence-electron chi connectivity index (χ4n) is 2.18. The average Bonchev–Trinajstić information content (AvgIpc) is 3.19. The molecular weight excluding hydrogens is 210 g/mol. The molecule has 3 rings (SSSR count). The molecule has 1 saturated carbocycles. The summed E-state index contributed by atoms with van der Waals surface area (Å²) in [6.45, 7) is 1.09. The minimum Gasteiger partial charge on any atom is -0.359 e. The SMILES string of the molecule is CN(CCC1CC1)c1ncnc2ccccc12. The molecule has 0 N–H and O–H groups in total. The Balaban J connectivity index is 1.87. The first kappa shape index (κ1) is 10.5. The predicted molar refractivity (Wildman–Crippen MR) is 70.1 cm³/mol. The van der Waals surface area contributed by atoms with Gasteiger partial charge in [0, 0.05) is 19.0 Å². The molecule has 88 valence electrons. The Hall–Kier alpha value is -1.64. The maximum Gasteiger partial charge on any atom is 0.139 e. The third-order valence-corrected chi connectivity index (χ3v) is 3.45. The van der Waals surface area contributed by atoms with E-state index in [1.165, 1.54) is 19.3 Å². The number of nitrogens with zero attached hydrogens (tertiary/aromatic N) is 3. The number of benzene rings is 1. The Morgan fingerprint density at radius 1 is 1.24 bits per heavy atom. The third kappa shape index (κ3) is 2.23. The van der Waals surface area contributed by atoms with Crippen LogP contribution in [0.3, 0.4) is 0 Å². The highest BCUT2D eigenvalue weighted by Gasteiger charge is 2.21. The normalized spacial score (nSPS) is 15.1. The van der Waals surface area contributed by atoms with Gasteiger partial charge in [-0.05, 0) is 24.5 Å². The lowest BCUT2D eigenvalue weighted by Gasteiger charge is -2.19. The van der Waals surface area contributed by atoms with Crippen LogP contribution in [0.2, 0.25) is 0 Å². The molecule has 1 heterocycles. The van der Waals surface area contributed by atoms with E-state index in [1.807, 2.05) is 18.2 Å². The Morgan fingerprint density at radius 3 is 2.88 bits per heavy atom. The van der Waals surface area contributed by atoms with Crippen molar-refractivity contribution in [2.24, 2.45) is 5.92 Å². The second kappa shape index (κ2) is 4.32. The van der Waals surface area contributed by atoms with Crippen molar-refractivity contribution < 1.29 is 0 Å². The van der Waals surface area contributed by atoms with Gasteiger partial charge in [-0.15, -0.1) is 0 Å². The van der Waals surface area contributed by atoms with E-state index in [-0.39, 0.29) is 0 Å². The van der Waals surface area contributed by atoms with Gasteiger partial charge in [-0.3, -0.25) is 0 Å². The molecule has 0 unspecified atom stereocenters. The highest BCUT2D eigenvalue weighted by Crippen LogP contribution is 2.33. The summed E-state index contributed by atoms with van der Waals surface area (Å²) in [7, 11) is 2.12. The van der Waals surface area contributed by atoms with E-state index < -0.39 is 0 Å². The molecule has 0 radical (unpaired) electrons. The Labute approximate surface area is 101 Å². The van der Waals surface area contributed by atoms with Gasteiger partial charge in [0.1, 0.15) is 12.1 Å². The summed E-state index contributed by atoms with van der Waals surface area (Å²) < 4.78 is 0. The highest BCUT2D eigenvalue weighted by atomic mass is 15.2. The molecule has 1 aromatic heterocycles. The molecule has 1 aromatic carbocycles. The summed E-state index contributed by atoms with van der Waals surface area (Å²) in [5.74, 6) is 2.02. The largest absolute Gasteiger partial charge is 0.359 e. The number of hydrogen-bond acceptors (Lipinski definition) is 3. The first-order chi connectivity index (χ1) is 8.34. The molecule has 0 atom stereocenters. The lowest BCUT2D eigenvalue weighted by atomic mass is 10.2. The zero-order chi connectivity index (χ0) is 11.7. The van der Waals surface area contributed by atoms with Crippen molar-refractivity contribution in [3.8, 4) is 0 Å². The van der Waals surface area contributed by atoms with Crippen molar-refractivity contribution in [2.75, 3.05) is 18.5 Å². The van der Waals surface area contributed by atoms with E-state index in [9.17, 15) is 0 Å². The van der Waals surface area contributed by atoms with E-state index in [0.29, 0.717) is 0 Å². The molecule has 1 aliphatic carbocycles. The molecular formula is C14H17N3. The minimum atomic E-state index is 0.963. The van der Waals surface area contributed by atoms with Crippen LogP contribution in [0.25, 0.3) is 10.9 Å². The van der Waals surface area contributed by atoms with Crippen molar-refractivity contribution in [1.82, 2.24) is 9.97 Å². The fourth-order valence-corrected chi connectivity index (χ4v) is 2.18. The number of fused-ring (bicyclic) bond motifs is 1. The van der Waals surface area contributed by atoms with Gasteiger partial charge in [0.05, 0.1) is 5.52 Å². The Morgan fingerprint density at radius 2 is 2.06 bits per heavy atom. The standard InChI is InChI=1S/C14H17N3/c1-17(9-8-11-6-7-11)14-12-4-2-3-5-13(12)15-10-16-14/h2-5,10-11H,6-9H2,1H3. The molecule has 0 spiro atoms. The Bertz CT molecular complexity index is 514. The van der Waals surface area contributed by atoms with Crippen molar-refractivity contribution in [1.29, 1.82) is 0 Å². The van der Waals surface area contributed by atoms with Crippen molar-refractivity contribution >= 4 is 16.7 Å². The van der Waals surface area contributed by atoms with E-state index in [0.717, 1.165) is 29.2 Å². The number of rotatable bonds is 4. The molecule has 17 heavy (non-hydrogen) atoms. The van der Waals surface area contributed by atoms with Crippen LogP contribution in [0.5, 0.6) is 0 Å². The number of anilines is 1. The van der Waals surface area contributed by atoms with E-state index in [4.69, 9.17) is 0 Å². The molecule has 2 aromatic rings. The molecule has 3 heteroatoms. The molecule has 0 saturated heterocycles. The second-order valence-electron chi connectivity index (χ2n) is 4.87. The van der Waals surface area contributed by atoms with Crippen LogP contribution in [0.1, 0.15) is 19.3 Å². The second-order valence-corrected chi connectivity index (χ2v) is 4.87. The summed E-state index contributed by atoms with van der Waals surface area (Å²) in [5, 5.41) is 1.15. The van der Waals surface area contributed by atoms with Gasteiger partial charge in [0.2, 0.25) is 0 Å². The van der Waals surface area contributed by atoms with Gasteiger partial charge in [0.15, 0.2) is 0 Å². The maximum absolute atomic E-state index is 4.42. The van der Waals surface area contributed by atoms with Crippen molar-refractivity contribution in [3.05, 3.63) is 30.6 Å². The molecule has 1 aliphatic rings. The Kier molecular flexibility index (Phi) is 2.67. The summed E-state index contributed by atoms with van der Waals surface area (Å²) >= 11 is 0. The van der Waals surface area contributed by atoms with Gasteiger partial charge in [-0.25, -0.2) is 9.97 Å². The van der Waals surface area contributed by atoms with Gasteiger partial charge >= 0.3 is 0 Å². The third-order valence-electron chi connectivity index (χ3n) is 3.45. The van der Waals surface area contributed by atoms with E-state index in [1.54, 1.807) is 6.33 Å². The number of para-hydroxylation sites is 1. The molecule has 1 fully saturated rings. The average molecular weight is 227 g/mol. The smallest absolute Gasteiger partial charge is 0.139 e. The van der Waals surface area contributed by atoms with Gasteiger partial charge < -0.3 is 4.90 Å². The maximum atomic E-state index is 4.42. The van der Waals surface area contributed by atoms with Gasteiger partial charge in [-0.2, -0.15) is 0 Å². The van der Waals surface area contributed by atoms with Crippen LogP contribution < -0.4 is 4.90 Å². The quantitative estimate of drug-likeness (QED) is 0.804. The number of aromatic nitrogens is 2. The van der Waals surface area contributed by atoms with Crippen LogP contribution in [0, 0.1) is 5.92 Å². The van der Waals surface area contributed by atoms with E-state index in [2.05, 4.69) is 28.0 Å². The van der Waals surface area contributed by atoms with E-state index >= 15 is 0 Å². The molecule has 0 amide bonds. The predicted octanol–water partition coefficient (Wildman–Crippen LogP) is 2.87. The van der Waals surface area contributed by atoms with Crippen LogP contribution in [-0.2, 0) is 0 Å². The molecule has 0 aliphatic heterocycles. The van der Waals surface area contributed by atoms with Crippen LogP contribution in [0.15, 0.2) is 30.6 Å². The topological polar surface area (TPSA) is 29.0 Å². The molecule has 3 nitrogen and oxygen atoms in total. The summed E-state index contributed by atoms with van der Waals surface area (Å²) in [5.41, 5.74) is 1.02.